The molecule has 3 aromatic rings. The summed E-state index contributed by atoms with van der Waals surface area (Å²) in [7, 11) is 3.99. The van der Waals surface area contributed by atoms with Gasteiger partial charge in [0.15, 0.2) is 6.29 Å². The SMILES string of the molecule is COCCC1CCN(C)CC1.Cc1cc(C(F)(F)F)cn2c(C)c(Cc3c(Cl)ccc(C=O)c3Cl)nc12. The van der Waals surface area contributed by atoms with E-state index in [-0.39, 0.29) is 11.4 Å². The molecule has 1 fully saturated rings. The summed E-state index contributed by atoms with van der Waals surface area (Å²) < 4.78 is 45.7. The third kappa shape index (κ3) is 7.25. The second-order valence-corrected chi connectivity index (χ2v) is 10.3. The standard InChI is InChI=1S/C18H13Cl2F3N2O.C9H19NO/c1-9-5-12(18(21,22)23)7-25-10(2)15(24-17(9)25)6-13-14(19)4-3-11(8-26)16(13)20;1-10-6-3-9(4-7-10)5-8-11-2/h3-5,7-8H,6H2,1-2H3;9H,3-8H2,1-2H3. The Morgan fingerprint density at radius 3 is 2.46 bits per heavy atom. The molecule has 1 saturated heterocycles. The van der Waals surface area contributed by atoms with Crippen molar-refractivity contribution in [1.29, 1.82) is 0 Å². The van der Waals surface area contributed by atoms with Gasteiger partial charge in [-0.2, -0.15) is 13.2 Å². The number of nitrogens with zero attached hydrogens (tertiary/aromatic N) is 3. The zero-order chi connectivity index (χ0) is 27.3. The molecule has 202 valence electrons. The van der Waals surface area contributed by atoms with Gasteiger partial charge in [0.25, 0.3) is 0 Å². The van der Waals surface area contributed by atoms with E-state index in [1.807, 2.05) is 0 Å². The zero-order valence-corrected chi connectivity index (χ0v) is 23.0. The number of carbonyl (C=O) groups excluding carboxylic acids is 1. The van der Waals surface area contributed by atoms with Gasteiger partial charge in [0.05, 0.1) is 16.3 Å². The first-order valence-electron chi connectivity index (χ1n) is 12.1. The van der Waals surface area contributed by atoms with Gasteiger partial charge in [-0.05, 0) is 88.5 Å². The summed E-state index contributed by atoms with van der Waals surface area (Å²) in [6, 6.07) is 4.14. The Labute approximate surface area is 225 Å². The van der Waals surface area contributed by atoms with E-state index < -0.39 is 11.7 Å². The lowest BCUT2D eigenvalue weighted by Crippen LogP contribution is -2.30. The van der Waals surface area contributed by atoms with Crippen molar-refractivity contribution in [2.24, 2.45) is 5.92 Å². The predicted octanol–water partition coefficient (Wildman–Crippen LogP) is 7.04. The topological polar surface area (TPSA) is 46.8 Å². The summed E-state index contributed by atoms with van der Waals surface area (Å²) in [5.41, 5.74) is 2.00. The number of carbonyl (C=O) groups is 1. The molecule has 0 unspecified atom stereocenters. The molecular weight excluding hydrogens is 526 g/mol. The van der Waals surface area contributed by atoms with Crippen LogP contribution in [0, 0.1) is 19.8 Å². The van der Waals surface area contributed by atoms with Gasteiger partial charge in [-0.1, -0.05) is 23.2 Å². The van der Waals surface area contributed by atoms with Gasteiger partial charge < -0.3 is 14.0 Å². The molecule has 0 amide bonds. The molecule has 0 bridgehead atoms. The van der Waals surface area contributed by atoms with E-state index in [4.69, 9.17) is 27.9 Å². The van der Waals surface area contributed by atoms with Crippen molar-refractivity contribution < 1.29 is 22.7 Å². The molecule has 3 heterocycles. The summed E-state index contributed by atoms with van der Waals surface area (Å²) in [5.74, 6) is 0.922. The highest BCUT2D eigenvalue weighted by Crippen LogP contribution is 2.33. The third-order valence-electron chi connectivity index (χ3n) is 6.82. The van der Waals surface area contributed by atoms with Crippen LogP contribution in [0.2, 0.25) is 10.0 Å². The number of fused-ring (bicyclic) bond motifs is 1. The van der Waals surface area contributed by atoms with Gasteiger partial charge >= 0.3 is 6.18 Å². The number of rotatable bonds is 6. The second-order valence-electron chi connectivity index (χ2n) is 9.50. The summed E-state index contributed by atoms with van der Waals surface area (Å²) in [6.07, 6.45) is 1.39. The first kappa shape index (κ1) is 29.4. The van der Waals surface area contributed by atoms with Crippen LogP contribution >= 0.6 is 23.2 Å². The van der Waals surface area contributed by atoms with Crippen LogP contribution in [0.1, 0.15) is 57.7 Å². The predicted molar refractivity (Wildman–Crippen MR) is 141 cm³/mol. The normalized spacial score (nSPS) is 15.1. The first-order chi connectivity index (χ1) is 17.5. The first-order valence-corrected chi connectivity index (χ1v) is 12.9. The number of hydrogen-bond acceptors (Lipinski definition) is 4. The van der Waals surface area contributed by atoms with Crippen LogP contribution in [0.4, 0.5) is 13.2 Å². The number of likely N-dealkylation sites (tertiary alicyclic amines) is 1. The van der Waals surface area contributed by atoms with Crippen LogP contribution in [0.25, 0.3) is 5.65 Å². The highest BCUT2D eigenvalue weighted by molar-refractivity contribution is 6.37. The molecule has 5 nitrogen and oxygen atoms in total. The number of aryl methyl sites for hydroxylation is 2. The van der Waals surface area contributed by atoms with Crippen LogP contribution in [0.5, 0.6) is 0 Å². The molecule has 1 aliphatic heterocycles. The minimum absolute atomic E-state index is 0.202. The number of benzene rings is 1. The maximum Gasteiger partial charge on any atom is 0.417 e. The van der Waals surface area contributed by atoms with Crippen LogP contribution in [0.15, 0.2) is 24.4 Å². The highest BCUT2D eigenvalue weighted by Gasteiger charge is 2.32. The van der Waals surface area contributed by atoms with Crippen molar-refractivity contribution >= 4 is 35.1 Å². The van der Waals surface area contributed by atoms with E-state index in [1.165, 1.54) is 42.8 Å². The number of piperidine rings is 1. The van der Waals surface area contributed by atoms with E-state index in [0.29, 0.717) is 45.0 Å². The fourth-order valence-electron chi connectivity index (χ4n) is 4.46. The number of alkyl halides is 3. The van der Waals surface area contributed by atoms with Crippen LogP contribution in [0.3, 0.4) is 0 Å². The number of imidazole rings is 1. The van der Waals surface area contributed by atoms with E-state index in [1.54, 1.807) is 27.0 Å². The van der Waals surface area contributed by atoms with E-state index in [2.05, 4.69) is 16.9 Å². The lowest BCUT2D eigenvalue weighted by Gasteiger charge is -2.28. The summed E-state index contributed by atoms with van der Waals surface area (Å²) >= 11 is 12.4. The lowest BCUT2D eigenvalue weighted by molar-refractivity contribution is -0.137. The fourth-order valence-corrected chi connectivity index (χ4v) is 5.01. The average Bonchev–Trinajstić information content (AvgIpc) is 3.17. The number of hydrogen-bond donors (Lipinski definition) is 0. The number of halogens is 5. The maximum absolute atomic E-state index is 13.1. The number of aldehydes is 1. The molecule has 0 spiro atoms. The molecule has 4 rings (SSSR count). The largest absolute Gasteiger partial charge is 0.417 e. The smallest absolute Gasteiger partial charge is 0.385 e. The van der Waals surface area contributed by atoms with Gasteiger partial charge in [-0.25, -0.2) is 4.98 Å². The van der Waals surface area contributed by atoms with Crippen molar-refractivity contribution in [2.75, 3.05) is 33.9 Å². The number of aromatic nitrogens is 2. The summed E-state index contributed by atoms with van der Waals surface area (Å²) in [5, 5.41) is 0.585. The second kappa shape index (κ2) is 12.6. The van der Waals surface area contributed by atoms with Gasteiger partial charge in [0, 0.05) is 42.6 Å². The Balaban J connectivity index is 0.000000289. The van der Waals surface area contributed by atoms with E-state index >= 15 is 0 Å². The molecule has 0 radical (unpaired) electrons. The Bertz CT molecular complexity index is 1230. The molecule has 0 aliphatic carbocycles. The summed E-state index contributed by atoms with van der Waals surface area (Å²) in [4.78, 5) is 17.9. The molecule has 10 heteroatoms. The molecule has 1 aromatic carbocycles. The van der Waals surface area contributed by atoms with Gasteiger partial charge in [-0.15, -0.1) is 0 Å². The molecule has 37 heavy (non-hydrogen) atoms. The number of ether oxygens (including phenoxy) is 1. The van der Waals surface area contributed by atoms with Crippen molar-refractivity contribution in [3.8, 4) is 0 Å². The monoisotopic (exact) mass is 557 g/mol. The van der Waals surface area contributed by atoms with Crippen LogP contribution in [-0.4, -0.2) is 54.4 Å². The highest BCUT2D eigenvalue weighted by atomic mass is 35.5. The van der Waals surface area contributed by atoms with Gasteiger partial charge in [-0.3, -0.25) is 4.79 Å². The number of methoxy groups -OCH3 is 1. The quantitative estimate of drug-likeness (QED) is 0.305. The fraction of sp³-hybridized carbons (Fsp3) is 0.481. The molecule has 2 aromatic heterocycles. The van der Waals surface area contributed by atoms with Gasteiger partial charge in [0.1, 0.15) is 5.65 Å². The van der Waals surface area contributed by atoms with Crippen molar-refractivity contribution in [2.45, 2.75) is 45.7 Å². The Morgan fingerprint density at radius 2 is 1.86 bits per heavy atom. The summed E-state index contributed by atoms with van der Waals surface area (Å²) in [6.45, 7) is 6.74. The third-order valence-corrected chi connectivity index (χ3v) is 7.62. The van der Waals surface area contributed by atoms with Crippen molar-refractivity contribution in [1.82, 2.24) is 14.3 Å². The molecular formula is C27H32Cl2F3N3O2. The molecule has 1 aliphatic rings. The minimum Gasteiger partial charge on any atom is -0.385 e. The van der Waals surface area contributed by atoms with Crippen molar-refractivity contribution in [3.63, 3.8) is 0 Å². The van der Waals surface area contributed by atoms with Gasteiger partial charge in [0.2, 0.25) is 0 Å². The molecule has 0 atom stereocenters. The molecule has 0 saturated carbocycles. The molecule has 0 N–H and O–H groups in total. The number of pyridine rings is 1. The maximum atomic E-state index is 13.1. The van der Waals surface area contributed by atoms with E-state index in [0.717, 1.165) is 24.8 Å². The average molecular weight is 558 g/mol. The zero-order valence-electron chi connectivity index (χ0n) is 21.5. The van der Waals surface area contributed by atoms with Crippen LogP contribution < -0.4 is 0 Å². The Kier molecular flexibility index (Phi) is 10.0. The lowest BCUT2D eigenvalue weighted by atomic mass is 9.94. The Morgan fingerprint density at radius 1 is 1.19 bits per heavy atom. The van der Waals surface area contributed by atoms with Crippen molar-refractivity contribution in [3.05, 3.63) is 68.1 Å². The van der Waals surface area contributed by atoms with E-state index in [9.17, 15) is 18.0 Å². The Hall–Kier alpha value is -2.13. The van der Waals surface area contributed by atoms with Crippen LogP contribution in [-0.2, 0) is 17.3 Å². The minimum atomic E-state index is -4.44.